The number of pyridine rings is 1. The van der Waals surface area contributed by atoms with E-state index in [9.17, 15) is 19.2 Å². The smallest absolute Gasteiger partial charge is 0.355 e. The zero-order chi connectivity index (χ0) is 51.3. The number of carbonyl (C=O) groups excluding carboxylic acids is 4. The average molecular weight is 1050 g/mol. The number of esters is 2. The predicted octanol–water partition coefficient (Wildman–Crippen LogP) is 9.59. The summed E-state index contributed by atoms with van der Waals surface area (Å²) in [6, 6.07) is 39.8. The molecule has 2 amide bonds. The maximum absolute atomic E-state index is 14.8. The molecule has 0 aliphatic carbocycles. The number of hydrogen-bond donors (Lipinski definition) is 2. The Kier molecular flexibility index (Phi) is 15.0. The maximum Gasteiger partial charge on any atom is 0.355 e. The zero-order valence-corrected chi connectivity index (χ0v) is 44.0. The topological polar surface area (TPSA) is 184 Å². The summed E-state index contributed by atoms with van der Waals surface area (Å²) in [5, 5.41) is 12.3. The van der Waals surface area contributed by atoms with E-state index in [1.165, 1.54) is 64.9 Å². The summed E-state index contributed by atoms with van der Waals surface area (Å²) in [5.74, 6) is -1.36. The number of hydrogen-bond acceptors (Lipinski definition) is 17. The number of β-lactam (4-membered cyclic amide) rings is 1. The van der Waals surface area contributed by atoms with E-state index in [2.05, 4.69) is 25.8 Å². The van der Waals surface area contributed by atoms with Crippen LogP contribution in [0.25, 0.3) is 10.3 Å². The van der Waals surface area contributed by atoms with Gasteiger partial charge in [-0.15, -0.1) is 34.4 Å². The number of anilines is 1. The van der Waals surface area contributed by atoms with Gasteiger partial charge in [0.1, 0.15) is 46.3 Å². The molecule has 2 atom stereocenters. The number of ether oxygens (including phenoxy) is 3. The Bertz CT molecular complexity index is 3070. The number of carbonyl (C=O) groups is 4. The zero-order valence-electron chi connectivity index (χ0n) is 40.7. The second kappa shape index (κ2) is 21.6. The molecule has 1 unspecified atom stereocenters. The van der Waals surface area contributed by atoms with Gasteiger partial charge in [-0.3, -0.25) is 14.5 Å². The van der Waals surface area contributed by atoms with Crippen LogP contribution in [0.5, 0.6) is 5.75 Å². The largest absolute Gasteiger partial charge is 0.497 e. The lowest BCUT2D eigenvalue weighted by molar-refractivity contribution is -0.179. The van der Waals surface area contributed by atoms with Gasteiger partial charge in [-0.05, 0) is 86.7 Å². The number of benzene rings is 4. The Morgan fingerprint density at radius 3 is 2.08 bits per heavy atom. The van der Waals surface area contributed by atoms with Gasteiger partial charge in [0.05, 0.1) is 11.8 Å². The Morgan fingerprint density at radius 1 is 0.836 bits per heavy atom. The molecule has 2 aliphatic heterocycles. The van der Waals surface area contributed by atoms with Gasteiger partial charge in [-0.25, -0.2) is 24.5 Å². The summed E-state index contributed by atoms with van der Waals surface area (Å²) in [7, 11) is 1.57. The predicted molar refractivity (Wildman–Crippen MR) is 285 cm³/mol. The minimum absolute atomic E-state index is 0.0522. The number of nitrogens with one attached hydrogen (secondary N) is 2. The molecule has 2 N–H and O–H groups in total. The highest BCUT2D eigenvalue weighted by Crippen LogP contribution is 2.44. The second-order valence-electron chi connectivity index (χ2n) is 18.4. The number of rotatable bonds is 18. The van der Waals surface area contributed by atoms with E-state index >= 15 is 0 Å². The molecule has 5 heterocycles. The molecule has 4 aromatic carbocycles. The van der Waals surface area contributed by atoms with Crippen LogP contribution in [-0.4, -0.2) is 90.5 Å². The van der Waals surface area contributed by atoms with E-state index in [1.54, 1.807) is 63.7 Å². The first kappa shape index (κ1) is 50.9. The number of methoxy groups -OCH3 is 1. The normalized spacial score (nSPS) is 16.1. The number of oxime groups is 1. The molecule has 1 saturated heterocycles. The number of thioether (sulfide) groups is 2. The van der Waals surface area contributed by atoms with Crippen LogP contribution in [0.4, 0.5) is 5.13 Å². The first-order valence-corrected chi connectivity index (χ1v) is 26.9. The standard InChI is InChI=1S/C54H51N7O8S4/c1-52(2,3)68-49(65)53(4,5)69-60-41(39-32-71-50(56-39)59-54(35-17-10-7-11-18-35,36-19-12-8-13-20-36)37-21-14-9-15-22-37)45(62)57-42-46(63)61-43(48(64)67-29-33-24-26-38(66-6)27-25-33)34(30-70-47(42)61)31-72-51-58-44-40(73-51)23-16-28-55-44/h7-28,32,42,47H,29-31H2,1-6H3,(H,56,59)(H,57,62)/b60-41-/t42?,47-/m1/s1. The van der Waals surface area contributed by atoms with Crippen LogP contribution in [0.1, 0.15) is 62.6 Å². The van der Waals surface area contributed by atoms with Gasteiger partial charge < -0.3 is 29.7 Å². The van der Waals surface area contributed by atoms with E-state index in [0.29, 0.717) is 33.6 Å². The molecule has 15 nitrogen and oxygen atoms in total. The van der Waals surface area contributed by atoms with Gasteiger partial charge in [0.15, 0.2) is 20.8 Å². The molecule has 3 aromatic heterocycles. The van der Waals surface area contributed by atoms with Crippen molar-refractivity contribution < 1.29 is 38.2 Å². The molecule has 19 heteroatoms. The SMILES string of the molecule is COc1ccc(COC(=O)C2=C(CSc3nc4ncccc4s3)CS[C@@H]3C(NC(=O)/C(=N\OC(C)(C)C(=O)OC(C)(C)C)c4csc(NC(c5ccccc5)(c5ccccc5)c5ccccc5)n4)C(=O)N23)cc1. The third kappa shape index (κ3) is 11.1. The summed E-state index contributed by atoms with van der Waals surface area (Å²) in [6.07, 6.45) is 1.69. The highest BCUT2D eigenvalue weighted by atomic mass is 32.2. The minimum Gasteiger partial charge on any atom is -0.497 e. The van der Waals surface area contributed by atoms with Crippen LogP contribution in [0, 0.1) is 0 Å². The van der Waals surface area contributed by atoms with E-state index in [1.807, 2.05) is 103 Å². The maximum atomic E-state index is 14.8. The third-order valence-electron chi connectivity index (χ3n) is 11.7. The number of aromatic nitrogens is 3. The van der Waals surface area contributed by atoms with Gasteiger partial charge in [-0.2, -0.15) is 0 Å². The van der Waals surface area contributed by atoms with Crippen molar-refractivity contribution in [2.45, 2.75) is 73.7 Å². The van der Waals surface area contributed by atoms with E-state index in [0.717, 1.165) is 31.3 Å². The number of fused-ring (bicyclic) bond motifs is 2. The van der Waals surface area contributed by atoms with Gasteiger partial charge in [0, 0.05) is 23.1 Å². The second-order valence-corrected chi connectivity index (χ2v) is 22.6. The van der Waals surface area contributed by atoms with Crippen molar-refractivity contribution in [1.29, 1.82) is 0 Å². The van der Waals surface area contributed by atoms with Crippen molar-refractivity contribution in [3.8, 4) is 5.75 Å². The Balaban J connectivity index is 1.02. The molecule has 2 aliphatic rings. The molecule has 9 rings (SSSR count). The molecule has 0 radical (unpaired) electrons. The van der Waals surface area contributed by atoms with Crippen LogP contribution < -0.4 is 15.4 Å². The molecule has 0 saturated carbocycles. The summed E-state index contributed by atoms with van der Waals surface area (Å²) in [5.41, 5.74) is 1.33. The highest BCUT2D eigenvalue weighted by molar-refractivity contribution is 8.02. The number of thiazole rings is 2. The summed E-state index contributed by atoms with van der Waals surface area (Å²) >= 11 is 5.58. The monoisotopic (exact) mass is 1050 g/mol. The molecule has 0 bridgehead atoms. The first-order chi connectivity index (χ1) is 35.1. The minimum atomic E-state index is -1.65. The van der Waals surface area contributed by atoms with Crippen LogP contribution in [0.2, 0.25) is 0 Å². The van der Waals surface area contributed by atoms with Gasteiger partial charge >= 0.3 is 11.9 Å². The Labute approximate surface area is 438 Å². The number of amides is 2. The van der Waals surface area contributed by atoms with Crippen molar-refractivity contribution in [1.82, 2.24) is 25.2 Å². The first-order valence-electron chi connectivity index (χ1n) is 23.2. The van der Waals surface area contributed by atoms with Gasteiger partial charge in [0.2, 0.25) is 5.60 Å². The van der Waals surface area contributed by atoms with Crippen molar-refractivity contribution >= 4 is 91.1 Å². The molecule has 73 heavy (non-hydrogen) atoms. The molecule has 1 fully saturated rings. The fourth-order valence-electron chi connectivity index (χ4n) is 8.07. The molecule has 0 spiro atoms. The number of nitrogens with zero attached hydrogens (tertiary/aromatic N) is 5. The molecule has 7 aromatic rings. The van der Waals surface area contributed by atoms with E-state index in [4.69, 9.17) is 24.0 Å². The summed E-state index contributed by atoms with van der Waals surface area (Å²) in [6.45, 7) is 8.12. The molecular formula is C54H51N7O8S4. The Morgan fingerprint density at radius 2 is 1.48 bits per heavy atom. The lowest BCUT2D eigenvalue weighted by atomic mass is 9.77. The molecular weight excluding hydrogens is 1000 g/mol. The average Bonchev–Trinajstić information content (AvgIpc) is 4.05. The van der Waals surface area contributed by atoms with Crippen molar-refractivity contribution in [2.24, 2.45) is 5.16 Å². The van der Waals surface area contributed by atoms with E-state index < -0.39 is 51.9 Å². The highest BCUT2D eigenvalue weighted by Gasteiger charge is 2.55. The quantitative estimate of drug-likeness (QED) is 0.0207. The van der Waals surface area contributed by atoms with Crippen LogP contribution in [0.15, 0.2) is 160 Å². The summed E-state index contributed by atoms with van der Waals surface area (Å²) in [4.78, 5) is 78.0. The Hall–Kier alpha value is -7.06. The van der Waals surface area contributed by atoms with Crippen molar-refractivity contribution in [3.63, 3.8) is 0 Å². The van der Waals surface area contributed by atoms with E-state index in [-0.39, 0.29) is 23.7 Å². The summed E-state index contributed by atoms with van der Waals surface area (Å²) < 4.78 is 18.5. The fraction of sp³-hybridized carbons (Fsp3) is 0.259. The molecule has 374 valence electrons. The van der Waals surface area contributed by atoms with Crippen LogP contribution in [-0.2, 0) is 45.6 Å². The third-order valence-corrected chi connectivity index (χ3v) is 16.0. The lowest BCUT2D eigenvalue weighted by Gasteiger charge is -2.49. The fourth-order valence-corrected chi connectivity index (χ4v) is 12.3. The lowest BCUT2D eigenvalue weighted by Crippen LogP contribution is -2.71. The van der Waals surface area contributed by atoms with Crippen molar-refractivity contribution in [2.75, 3.05) is 23.9 Å². The van der Waals surface area contributed by atoms with Crippen LogP contribution >= 0.6 is 46.2 Å². The van der Waals surface area contributed by atoms with Gasteiger partial charge in [-0.1, -0.05) is 120 Å². The van der Waals surface area contributed by atoms with Crippen LogP contribution in [0.3, 0.4) is 0 Å². The van der Waals surface area contributed by atoms with Gasteiger partial charge in [0.25, 0.3) is 11.8 Å². The van der Waals surface area contributed by atoms with Crippen molar-refractivity contribution in [3.05, 3.63) is 178 Å².